The molecule has 136 valence electrons. The molecule has 1 amide bonds. The Labute approximate surface area is 154 Å². The molecule has 2 aromatic carbocycles. The van der Waals surface area contributed by atoms with Gasteiger partial charge in [-0.3, -0.25) is 4.79 Å². The van der Waals surface area contributed by atoms with Gasteiger partial charge in [-0.25, -0.2) is 0 Å². The maximum absolute atomic E-state index is 12.7. The largest absolute Gasteiger partial charge is 0.497 e. The smallest absolute Gasteiger partial charge is 0.224 e. The molecule has 0 bridgehead atoms. The molecule has 1 unspecified atom stereocenters. The third-order valence-corrected chi connectivity index (χ3v) is 4.79. The standard InChI is InChI=1S/C22H26N2O2/c1-15(2)22(16-9-11-18(26-4)12-10-16)23-21(25)13-17-14-24(3)20-8-6-5-7-19(17)20/h5-12,14-15,22H,13H2,1-4H3,(H,23,25). The van der Waals surface area contributed by atoms with Crippen LogP contribution in [0.1, 0.15) is 31.0 Å². The van der Waals surface area contributed by atoms with E-state index in [1.165, 1.54) is 0 Å². The number of hydrogen-bond acceptors (Lipinski definition) is 2. The van der Waals surface area contributed by atoms with Crippen LogP contribution in [0.15, 0.2) is 54.7 Å². The van der Waals surface area contributed by atoms with Crippen LogP contribution in [0.4, 0.5) is 0 Å². The number of amides is 1. The summed E-state index contributed by atoms with van der Waals surface area (Å²) >= 11 is 0. The van der Waals surface area contributed by atoms with E-state index in [1.54, 1.807) is 7.11 Å². The first kappa shape index (κ1) is 18.1. The lowest BCUT2D eigenvalue weighted by molar-refractivity contribution is -0.121. The second-order valence-corrected chi connectivity index (χ2v) is 7.02. The highest BCUT2D eigenvalue weighted by Gasteiger charge is 2.19. The minimum atomic E-state index is -0.0246. The Balaban J connectivity index is 1.77. The van der Waals surface area contributed by atoms with Crippen LogP contribution in [-0.4, -0.2) is 17.6 Å². The van der Waals surface area contributed by atoms with Crippen LogP contribution in [0.25, 0.3) is 10.9 Å². The van der Waals surface area contributed by atoms with Crippen molar-refractivity contribution in [3.05, 3.63) is 65.9 Å². The third kappa shape index (κ3) is 3.74. The Kier molecular flexibility index (Phi) is 5.31. The van der Waals surface area contributed by atoms with E-state index in [0.29, 0.717) is 12.3 Å². The molecule has 4 heteroatoms. The van der Waals surface area contributed by atoms with Crippen LogP contribution in [-0.2, 0) is 18.3 Å². The fourth-order valence-corrected chi connectivity index (χ4v) is 3.41. The quantitative estimate of drug-likeness (QED) is 0.722. The van der Waals surface area contributed by atoms with Gasteiger partial charge in [-0.1, -0.05) is 44.2 Å². The number of aryl methyl sites for hydroxylation is 1. The van der Waals surface area contributed by atoms with Gasteiger partial charge in [0, 0.05) is 24.1 Å². The summed E-state index contributed by atoms with van der Waals surface area (Å²) in [7, 11) is 3.67. The molecule has 0 radical (unpaired) electrons. The summed E-state index contributed by atoms with van der Waals surface area (Å²) in [4.78, 5) is 12.7. The van der Waals surface area contributed by atoms with Crippen molar-refractivity contribution >= 4 is 16.8 Å². The first-order chi connectivity index (χ1) is 12.5. The van der Waals surface area contributed by atoms with Crippen molar-refractivity contribution in [1.29, 1.82) is 0 Å². The van der Waals surface area contributed by atoms with Crippen molar-refractivity contribution in [3.8, 4) is 5.75 Å². The zero-order valence-electron chi connectivity index (χ0n) is 15.8. The van der Waals surface area contributed by atoms with Crippen molar-refractivity contribution in [2.45, 2.75) is 26.3 Å². The van der Waals surface area contributed by atoms with Gasteiger partial charge in [-0.2, -0.15) is 0 Å². The van der Waals surface area contributed by atoms with Crippen molar-refractivity contribution < 1.29 is 9.53 Å². The second-order valence-electron chi connectivity index (χ2n) is 7.02. The summed E-state index contributed by atoms with van der Waals surface area (Å²) < 4.78 is 7.29. The van der Waals surface area contributed by atoms with E-state index in [9.17, 15) is 4.79 Å². The fourth-order valence-electron chi connectivity index (χ4n) is 3.41. The Morgan fingerprint density at radius 1 is 1.12 bits per heavy atom. The number of carbonyl (C=O) groups is 1. The molecule has 1 heterocycles. The van der Waals surface area contributed by atoms with Crippen molar-refractivity contribution in [3.63, 3.8) is 0 Å². The average molecular weight is 350 g/mol. The number of nitrogens with one attached hydrogen (secondary N) is 1. The molecule has 3 aromatic rings. The predicted octanol–water partition coefficient (Wildman–Crippen LogP) is 4.24. The van der Waals surface area contributed by atoms with Crippen LogP contribution in [0.5, 0.6) is 5.75 Å². The van der Waals surface area contributed by atoms with Crippen LogP contribution in [0.3, 0.4) is 0 Å². The van der Waals surface area contributed by atoms with Crippen LogP contribution < -0.4 is 10.1 Å². The molecule has 4 nitrogen and oxygen atoms in total. The molecule has 0 fully saturated rings. The molecule has 26 heavy (non-hydrogen) atoms. The van der Waals surface area contributed by atoms with Crippen LogP contribution in [0, 0.1) is 5.92 Å². The van der Waals surface area contributed by atoms with E-state index in [2.05, 4.69) is 35.9 Å². The third-order valence-electron chi connectivity index (χ3n) is 4.79. The fraction of sp³-hybridized carbons (Fsp3) is 0.318. The average Bonchev–Trinajstić information content (AvgIpc) is 2.95. The lowest BCUT2D eigenvalue weighted by Gasteiger charge is -2.23. The summed E-state index contributed by atoms with van der Waals surface area (Å²) in [6, 6.07) is 16.0. The predicted molar refractivity (Wildman–Crippen MR) is 105 cm³/mol. The van der Waals surface area contributed by atoms with E-state index in [1.807, 2.05) is 49.6 Å². The zero-order valence-corrected chi connectivity index (χ0v) is 15.8. The highest BCUT2D eigenvalue weighted by atomic mass is 16.5. The SMILES string of the molecule is COc1ccc(C(NC(=O)Cc2cn(C)c3ccccc23)C(C)C)cc1. The Morgan fingerprint density at radius 2 is 1.81 bits per heavy atom. The van der Waals surface area contributed by atoms with Gasteiger partial charge in [0.2, 0.25) is 5.91 Å². The highest BCUT2D eigenvalue weighted by Crippen LogP contribution is 2.25. The molecule has 1 N–H and O–H groups in total. The summed E-state index contributed by atoms with van der Waals surface area (Å²) in [6.07, 6.45) is 2.42. The van der Waals surface area contributed by atoms with Crippen molar-refractivity contribution in [2.24, 2.45) is 13.0 Å². The number of rotatable bonds is 6. The van der Waals surface area contributed by atoms with Crippen LogP contribution >= 0.6 is 0 Å². The summed E-state index contributed by atoms with van der Waals surface area (Å²) in [5, 5.41) is 4.34. The maximum Gasteiger partial charge on any atom is 0.224 e. The number of benzene rings is 2. The zero-order chi connectivity index (χ0) is 18.7. The minimum Gasteiger partial charge on any atom is -0.497 e. The molecule has 0 aliphatic rings. The lowest BCUT2D eigenvalue weighted by Crippen LogP contribution is -2.32. The molecule has 3 rings (SSSR count). The van der Waals surface area contributed by atoms with E-state index < -0.39 is 0 Å². The molecule has 1 atom stereocenters. The number of ether oxygens (including phenoxy) is 1. The number of fused-ring (bicyclic) bond motifs is 1. The highest BCUT2D eigenvalue weighted by molar-refractivity contribution is 5.89. The summed E-state index contributed by atoms with van der Waals surface area (Å²) in [5.41, 5.74) is 3.29. The molecule has 0 aliphatic heterocycles. The Bertz CT molecular complexity index is 894. The molecule has 0 saturated carbocycles. The topological polar surface area (TPSA) is 43.3 Å². The van der Waals surface area contributed by atoms with Crippen molar-refractivity contribution in [2.75, 3.05) is 7.11 Å². The molecule has 0 aliphatic carbocycles. The van der Waals surface area contributed by atoms with E-state index in [0.717, 1.165) is 27.8 Å². The molecular weight excluding hydrogens is 324 g/mol. The van der Waals surface area contributed by atoms with Crippen molar-refractivity contribution in [1.82, 2.24) is 9.88 Å². The molecular formula is C22H26N2O2. The van der Waals surface area contributed by atoms with Gasteiger partial charge in [0.25, 0.3) is 0 Å². The second kappa shape index (κ2) is 7.65. The number of hydrogen-bond donors (Lipinski definition) is 1. The maximum atomic E-state index is 12.7. The van der Waals surface area contributed by atoms with Gasteiger partial charge >= 0.3 is 0 Å². The Morgan fingerprint density at radius 3 is 2.46 bits per heavy atom. The van der Waals surface area contributed by atoms with E-state index in [-0.39, 0.29) is 11.9 Å². The first-order valence-corrected chi connectivity index (χ1v) is 8.96. The Hall–Kier alpha value is -2.75. The number of nitrogens with zero attached hydrogens (tertiary/aromatic N) is 1. The van der Waals surface area contributed by atoms with E-state index >= 15 is 0 Å². The van der Waals surface area contributed by atoms with Crippen LogP contribution in [0.2, 0.25) is 0 Å². The lowest BCUT2D eigenvalue weighted by atomic mass is 9.95. The normalized spacial score (nSPS) is 12.3. The minimum absolute atomic E-state index is 0.0246. The van der Waals surface area contributed by atoms with Gasteiger partial charge in [-0.15, -0.1) is 0 Å². The molecule has 1 aromatic heterocycles. The number of para-hydroxylation sites is 1. The monoisotopic (exact) mass is 350 g/mol. The molecule has 0 saturated heterocycles. The number of carbonyl (C=O) groups excluding carboxylic acids is 1. The summed E-state index contributed by atoms with van der Waals surface area (Å²) in [5.74, 6) is 1.15. The van der Waals surface area contributed by atoms with Gasteiger partial charge in [0.1, 0.15) is 5.75 Å². The molecule has 0 spiro atoms. The van der Waals surface area contributed by atoms with Gasteiger partial charge in [-0.05, 0) is 35.2 Å². The van der Waals surface area contributed by atoms with E-state index in [4.69, 9.17) is 4.74 Å². The first-order valence-electron chi connectivity index (χ1n) is 8.96. The number of methoxy groups -OCH3 is 1. The van der Waals surface area contributed by atoms with Gasteiger partial charge in [0.15, 0.2) is 0 Å². The van der Waals surface area contributed by atoms with Gasteiger partial charge in [0.05, 0.1) is 19.6 Å². The number of aromatic nitrogens is 1. The van der Waals surface area contributed by atoms with Gasteiger partial charge < -0.3 is 14.6 Å². The summed E-state index contributed by atoms with van der Waals surface area (Å²) in [6.45, 7) is 4.24.